The zero-order valence-electron chi connectivity index (χ0n) is 16.3. The van der Waals surface area contributed by atoms with Crippen LogP contribution in [0.3, 0.4) is 0 Å². The predicted molar refractivity (Wildman–Crippen MR) is 124 cm³/mol. The highest BCUT2D eigenvalue weighted by molar-refractivity contribution is 9.10. The van der Waals surface area contributed by atoms with Crippen molar-refractivity contribution in [3.8, 4) is 11.5 Å². The number of methoxy groups -OCH3 is 2. The molecular formula is C21H19Br2NO5S. The number of amides is 2. The van der Waals surface area contributed by atoms with Gasteiger partial charge in [0, 0.05) is 11.6 Å². The fourth-order valence-electron chi connectivity index (χ4n) is 2.73. The van der Waals surface area contributed by atoms with Crippen LogP contribution in [0.25, 0.3) is 6.08 Å². The zero-order chi connectivity index (χ0) is 21.7. The van der Waals surface area contributed by atoms with Crippen LogP contribution in [0, 0.1) is 0 Å². The predicted octanol–water partition coefficient (Wildman–Crippen LogP) is 5.48. The van der Waals surface area contributed by atoms with E-state index in [2.05, 4.69) is 31.9 Å². The molecule has 1 saturated heterocycles. The lowest BCUT2D eigenvalue weighted by atomic mass is 10.1. The van der Waals surface area contributed by atoms with Crippen molar-refractivity contribution >= 4 is 60.8 Å². The van der Waals surface area contributed by atoms with Crippen molar-refractivity contribution in [3.05, 3.63) is 61.4 Å². The van der Waals surface area contributed by atoms with Gasteiger partial charge in [-0.3, -0.25) is 14.5 Å². The Morgan fingerprint density at radius 2 is 1.83 bits per heavy atom. The summed E-state index contributed by atoms with van der Waals surface area (Å²) in [5.74, 6) is 0.754. The smallest absolute Gasteiger partial charge is 0.293 e. The number of halogens is 2. The molecular weight excluding hydrogens is 538 g/mol. The number of benzene rings is 2. The standard InChI is InChI=1S/C21H19Br2NO5S/c1-27-8-7-24-20(25)18(30-21(24)26)11-14-9-16(23)19(17(10-14)28-2)29-12-13-3-5-15(22)6-4-13/h3-6,9-11H,7-8,12H2,1-2H3/b18-11+. The highest BCUT2D eigenvalue weighted by Gasteiger charge is 2.34. The molecule has 1 heterocycles. The maximum Gasteiger partial charge on any atom is 0.293 e. The molecule has 0 saturated carbocycles. The van der Waals surface area contributed by atoms with E-state index in [4.69, 9.17) is 14.2 Å². The summed E-state index contributed by atoms with van der Waals surface area (Å²) in [6, 6.07) is 11.4. The normalized spacial score (nSPS) is 15.2. The second-order valence-corrected chi connectivity index (χ2v) is 9.04. The Bertz CT molecular complexity index is 978. The number of imide groups is 1. The Kier molecular flexibility index (Phi) is 7.99. The summed E-state index contributed by atoms with van der Waals surface area (Å²) in [6.45, 7) is 0.906. The van der Waals surface area contributed by atoms with Gasteiger partial charge >= 0.3 is 0 Å². The largest absolute Gasteiger partial charge is 0.493 e. The van der Waals surface area contributed by atoms with E-state index in [-0.39, 0.29) is 17.7 Å². The molecule has 2 amide bonds. The molecule has 2 aromatic carbocycles. The molecule has 0 unspecified atom stereocenters. The van der Waals surface area contributed by atoms with Gasteiger partial charge in [-0.1, -0.05) is 28.1 Å². The molecule has 30 heavy (non-hydrogen) atoms. The van der Waals surface area contributed by atoms with Gasteiger partial charge in [-0.25, -0.2) is 0 Å². The third-order valence-corrected chi connectivity index (χ3v) is 6.26. The summed E-state index contributed by atoms with van der Waals surface area (Å²) in [7, 11) is 3.08. The van der Waals surface area contributed by atoms with Gasteiger partial charge in [0.1, 0.15) is 6.61 Å². The first-order chi connectivity index (χ1) is 14.4. The van der Waals surface area contributed by atoms with Gasteiger partial charge in [-0.2, -0.15) is 0 Å². The Morgan fingerprint density at radius 1 is 1.10 bits per heavy atom. The molecule has 9 heteroatoms. The number of thioether (sulfide) groups is 1. The van der Waals surface area contributed by atoms with Gasteiger partial charge < -0.3 is 14.2 Å². The minimum Gasteiger partial charge on any atom is -0.493 e. The Labute approximate surface area is 195 Å². The van der Waals surface area contributed by atoms with E-state index < -0.39 is 0 Å². The quantitative estimate of drug-likeness (QED) is 0.401. The number of ether oxygens (including phenoxy) is 3. The molecule has 1 aliphatic heterocycles. The highest BCUT2D eigenvalue weighted by Crippen LogP contribution is 2.39. The van der Waals surface area contributed by atoms with Crippen molar-refractivity contribution in [1.82, 2.24) is 4.90 Å². The fourth-order valence-corrected chi connectivity index (χ4v) is 4.43. The number of carbonyl (C=O) groups excluding carboxylic acids is 2. The molecule has 0 aromatic heterocycles. The maximum absolute atomic E-state index is 12.5. The molecule has 6 nitrogen and oxygen atoms in total. The van der Waals surface area contributed by atoms with Gasteiger partial charge in [0.05, 0.1) is 29.6 Å². The van der Waals surface area contributed by atoms with Gasteiger partial charge in [0.15, 0.2) is 11.5 Å². The van der Waals surface area contributed by atoms with Crippen LogP contribution >= 0.6 is 43.6 Å². The SMILES string of the molecule is COCCN1C(=O)S/C(=C/c2cc(Br)c(OCc3ccc(Br)cc3)c(OC)c2)C1=O. The van der Waals surface area contributed by atoms with Crippen LogP contribution in [0.5, 0.6) is 11.5 Å². The molecule has 2 aromatic rings. The topological polar surface area (TPSA) is 65.1 Å². The van der Waals surface area contributed by atoms with Crippen LogP contribution in [-0.2, 0) is 16.1 Å². The summed E-state index contributed by atoms with van der Waals surface area (Å²) in [6.07, 6.45) is 1.67. The number of hydrogen-bond acceptors (Lipinski definition) is 6. The summed E-state index contributed by atoms with van der Waals surface area (Å²) >= 11 is 7.84. The van der Waals surface area contributed by atoms with Crippen LogP contribution in [0.1, 0.15) is 11.1 Å². The van der Waals surface area contributed by atoms with E-state index in [0.29, 0.717) is 39.7 Å². The summed E-state index contributed by atoms with van der Waals surface area (Å²) in [4.78, 5) is 26.1. The second kappa shape index (κ2) is 10.5. The monoisotopic (exact) mass is 555 g/mol. The van der Waals surface area contributed by atoms with Crippen molar-refractivity contribution < 1.29 is 23.8 Å². The van der Waals surface area contributed by atoms with Crippen LogP contribution < -0.4 is 9.47 Å². The fraction of sp³-hybridized carbons (Fsp3) is 0.238. The molecule has 1 fully saturated rings. The van der Waals surface area contributed by atoms with Crippen LogP contribution in [0.2, 0.25) is 0 Å². The average molecular weight is 557 g/mol. The molecule has 0 N–H and O–H groups in total. The minimum atomic E-state index is -0.326. The maximum atomic E-state index is 12.5. The Hall–Kier alpha value is -1.81. The lowest BCUT2D eigenvalue weighted by Gasteiger charge is -2.14. The number of carbonyl (C=O) groups is 2. The van der Waals surface area contributed by atoms with E-state index in [1.165, 1.54) is 12.0 Å². The minimum absolute atomic E-state index is 0.231. The Balaban J connectivity index is 1.79. The summed E-state index contributed by atoms with van der Waals surface area (Å²) in [5.41, 5.74) is 1.73. The van der Waals surface area contributed by atoms with Gasteiger partial charge in [-0.05, 0) is 69.2 Å². The Morgan fingerprint density at radius 3 is 2.50 bits per heavy atom. The van der Waals surface area contributed by atoms with E-state index in [1.54, 1.807) is 19.3 Å². The average Bonchev–Trinajstić information content (AvgIpc) is 2.99. The first-order valence-electron chi connectivity index (χ1n) is 8.92. The number of rotatable bonds is 8. The molecule has 3 rings (SSSR count). The summed E-state index contributed by atoms with van der Waals surface area (Å²) < 4.78 is 18.1. The van der Waals surface area contributed by atoms with Crippen molar-refractivity contribution in [1.29, 1.82) is 0 Å². The molecule has 0 bridgehead atoms. The van der Waals surface area contributed by atoms with Crippen molar-refractivity contribution in [3.63, 3.8) is 0 Å². The second-order valence-electron chi connectivity index (χ2n) is 6.28. The first kappa shape index (κ1) is 22.9. The molecule has 0 atom stereocenters. The first-order valence-corrected chi connectivity index (χ1v) is 11.3. The van der Waals surface area contributed by atoms with Crippen LogP contribution in [0.4, 0.5) is 4.79 Å². The van der Waals surface area contributed by atoms with E-state index in [9.17, 15) is 9.59 Å². The van der Waals surface area contributed by atoms with E-state index in [1.807, 2.05) is 30.3 Å². The molecule has 0 spiro atoms. The molecule has 158 valence electrons. The van der Waals surface area contributed by atoms with Crippen LogP contribution in [-0.4, -0.2) is 43.4 Å². The van der Waals surface area contributed by atoms with Gasteiger partial charge in [0.25, 0.3) is 11.1 Å². The molecule has 1 aliphatic rings. The third-order valence-electron chi connectivity index (χ3n) is 4.24. The molecule has 0 aliphatic carbocycles. The van der Waals surface area contributed by atoms with Crippen LogP contribution in [0.15, 0.2) is 50.2 Å². The lowest BCUT2D eigenvalue weighted by molar-refractivity contribution is -0.123. The zero-order valence-corrected chi connectivity index (χ0v) is 20.3. The molecule has 0 radical (unpaired) electrons. The number of nitrogens with zero attached hydrogens (tertiary/aromatic N) is 1. The van der Waals surface area contributed by atoms with E-state index >= 15 is 0 Å². The summed E-state index contributed by atoms with van der Waals surface area (Å²) in [5, 5.41) is -0.302. The van der Waals surface area contributed by atoms with E-state index in [0.717, 1.165) is 21.8 Å². The van der Waals surface area contributed by atoms with Gasteiger partial charge in [-0.15, -0.1) is 0 Å². The number of hydrogen-bond donors (Lipinski definition) is 0. The highest BCUT2D eigenvalue weighted by atomic mass is 79.9. The van der Waals surface area contributed by atoms with Crippen molar-refractivity contribution in [2.24, 2.45) is 0 Å². The third kappa shape index (κ3) is 5.46. The van der Waals surface area contributed by atoms with Gasteiger partial charge in [0.2, 0.25) is 0 Å². The van der Waals surface area contributed by atoms with Crippen molar-refractivity contribution in [2.45, 2.75) is 6.61 Å². The van der Waals surface area contributed by atoms with Crippen molar-refractivity contribution in [2.75, 3.05) is 27.4 Å². The lowest BCUT2D eigenvalue weighted by Crippen LogP contribution is -2.31.